The second-order valence-corrected chi connectivity index (χ2v) is 5.39. The first-order valence-corrected chi connectivity index (χ1v) is 6.27. The highest BCUT2D eigenvalue weighted by Gasteiger charge is 2.18. The standard InChI is InChI=1S/C8H20N2O3S/c1-7(2)8(6-9)10-14(11,12)5-4-13-3/h7-8,10H,4-6,9H2,1-3H3. The zero-order chi connectivity index (χ0) is 11.2. The number of nitrogens with two attached hydrogens (primary N) is 1. The molecule has 0 rings (SSSR count). The molecule has 0 aliphatic heterocycles. The molecule has 6 heteroatoms. The van der Waals surface area contributed by atoms with E-state index < -0.39 is 10.0 Å². The van der Waals surface area contributed by atoms with E-state index in [9.17, 15) is 8.42 Å². The van der Waals surface area contributed by atoms with Gasteiger partial charge in [-0.2, -0.15) is 0 Å². The van der Waals surface area contributed by atoms with Crippen molar-refractivity contribution in [1.29, 1.82) is 0 Å². The highest BCUT2D eigenvalue weighted by atomic mass is 32.2. The summed E-state index contributed by atoms with van der Waals surface area (Å²) in [5.41, 5.74) is 5.45. The maximum atomic E-state index is 11.4. The fourth-order valence-electron chi connectivity index (χ4n) is 0.939. The first-order valence-electron chi connectivity index (χ1n) is 4.62. The van der Waals surface area contributed by atoms with E-state index in [2.05, 4.69) is 4.72 Å². The third kappa shape index (κ3) is 5.54. The van der Waals surface area contributed by atoms with Crippen molar-refractivity contribution in [2.24, 2.45) is 11.7 Å². The largest absolute Gasteiger partial charge is 0.384 e. The molecule has 1 atom stereocenters. The van der Waals surface area contributed by atoms with Crippen LogP contribution in [0.5, 0.6) is 0 Å². The van der Waals surface area contributed by atoms with E-state index in [4.69, 9.17) is 10.5 Å². The minimum Gasteiger partial charge on any atom is -0.384 e. The predicted molar refractivity (Wildman–Crippen MR) is 56.5 cm³/mol. The van der Waals surface area contributed by atoms with Gasteiger partial charge in [0.15, 0.2) is 0 Å². The minimum absolute atomic E-state index is 0.0211. The lowest BCUT2D eigenvalue weighted by Gasteiger charge is -2.20. The van der Waals surface area contributed by atoms with Crippen LogP contribution in [0.25, 0.3) is 0 Å². The molecule has 0 bridgehead atoms. The molecule has 5 nitrogen and oxygen atoms in total. The number of ether oxygens (including phenoxy) is 1. The van der Waals surface area contributed by atoms with Crippen molar-refractivity contribution in [3.05, 3.63) is 0 Å². The fourth-order valence-corrected chi connectivity index (χ4v) is 2.27. The zero-order valence-corrected chi connectivity index (χ0v) is 9.80. The van der Waals surface area contributed by atoms with E-state index in [0.717, 1.165) is 0 Å². The van der Waals surface area contributed by atoms with Gasteiger partial charge in [0.05, 0.1) is 12.4 Å². The van der Waals surface area contributed by atoms with E-state index >= 15 is 0 Å². The van der Waals surface area contributed by atoms with Gasteiger partial charge in [-0.3, -0.25) is 0 Å². The third-order valence-electron chi connectivity index (χ3n) is 1.95. The maximum Gasteiger partial charge on any atom is 0.214 e. The van der Waals surface area contributed by atoms with E-state index in [-0.39, 0.29) is 24.3 Å². The number of nitrogens with one attached hydrogen (secondary N) is 1. The highest BCUT2D eigenvalue weighted by molar-refractivity contribution is 7.89. The number of sulfonamides is 1. The van der Waals surface area contributed by atoms with Crippen molar-refractivity contribution in [3.63, 3.8) is 0 Å². The maximum absolute atomic E-state index is 11.4. The van der Waals surface area contributed by atoms with Crippen molar-refractivity contribution < 1.29 is 13.2 Å². The topological polar surface area (TPSA) is 81.4 Å². The van der Waals surface area contributed by atoms with Crippen LogP contribution in [0.15, 0.2) is 0 Å². The molecule has 0 saturated heterocycles. The molecule has 3 N–H and O–H groups in total. The Balaban J connectivity index is 4.18. The average Bonchev–Trinajstić information content (AvgIpc) is 2.10. The molecule has 0 saturated carbocycles. The van der Waals surface area contributed by atoms with Crippen molar-refractivity contribution in [1.82, 2.24) is 4.72 Å². The Morgan fingerprint density at radius 1 is 1.43 bits per heavy atom. The van der Waals surface area contributed by atoms with Crippen LogP contribution in [0.1, 0.15) is 13.8 Å². The van der Waals surface area contributed by atoms with Gasteiger partial charge < -0.3 is 10.5 Å². The van der Waals surface area contributed by atoms with Gasteiger partial charge in [-0.15, -0.1) is 0 Å². The molecule has 0 heterocycles. The van der Waals surface area contributed by atoms with Crippen LogP contribution in [0.3, 0.4) is 0 Å². The predicted octanol–water partition coefficient (Wildman–Crippen LogP) is -0.464. The van der Waals surface area contributed by atoms with Crippen LogP contribution >= 0.6 is 0 Å². The quantitative estimate of drug-likeness (QED) is 0.613. The molecule has 1 unspecified atom stereocenters. The Labute approximate surface area is 86.1 Å². The van der Waals surface area contributed by atoms with Gasteiger partial charge in [0.1, 0.15) is 0 Å². The average molecular weight is 224 g/mol. The van der Waals surface area contributed by atoms with Crippen LogP contribution in [0, 0.1) is 5.92 Å². The van der Waals surface area contributed by atoms with Crippen LogP contribution in [-0.4, -0.2) is 40.5 Å². The Morgan fingerprint density at radius 3 is 2.36 bits per heavy atom. The van der Waals surface area contributed by atoms with Crippen molar-refractivity contribution in [3.8, 4) is 0 Å². The highest BCUT2D eigenvalue weighted by Crippen LogP contribution is 2.01. The lowest BCUT2D eigenvalue weighted by molar-refractivity contribution is 0.216. The second kappa shape index (κ2) is 6.34. The second-order valence-electron chi connectivity index (χ2n) is 3.52. The lowest BCUT2D eigenvalue weighted by atomic mass is 10.1. The van der Waals surface area contributed by atoms with E-state index in [1.54, 1.807) is 0 Å². The molecule has 0 radical (unpaired) electrons. The lowest BCUT2D eigenvalue weighted by Crippen LogP contribution is -2.44. The first kappa shape index (κ1) is 13.8. The Morgan fingerprint density at radius 2 is 2.00 bits per heavy atom. The summed E-state index contributed by atoms with van der Waals surface area (Å²) < 4.78 is 30.1. The third-order valence-corrected chi connectivity index (χ3v) is 3.31. The molecule has 14 heavy (non-hydrogen) atoms. The zero-order valence-electron chi connectivity index (χ0n) is 8.99. The number of hydrogen-bond acceptors (Lipinski definition) is 4. The summed E-state index contributed by atoms with van der Waals surface area (Å²) in [6.07, 6.45) is 0. The first-order chi connectivity index (χ1) is 6.43. The molecular weight excluding hydrogens is 204 g/mol. The SMILES string of the molecule is COCCS(=O)(=O)NC(CN)C(C)C. The monoisotopic (exact) mass is 224 g/mol. The number of rotatable bonds is 7. The summed E-state index contributed by atoms with van der Waals surface area (Å²) in [5.74, 6) is 0.171. The molecule has 0 aliphatic rings. The molecule has 0 aromatic carbocycles. The molecule has 0 aliphatic carbocycles. The number of methoxy groups -OCH3 is 1. The summed E-state index contributed by atoms with van der Waals surface area (Å²) in [6.45, 7) is 4.36. The summed E-state index contributed by atoms with van der Waals surface area (Å²) in [4.78, 5) is 0. The molecule has 0 fully saturated rings. The van der Waals surface area contributed by atoms with Gasteiger partial charge in [-0.25, -0.2) is 13.1 Å². The molecule has 0 spiro atoms. The summed E-state index contributed by atoms with van der Waals surface area (Å²) in [7, 11) is -1.78. The molecule has 0 aromatic rings. The Bertz CT molecular complexity index is 239. The summed E-state index contributed by atoms with van der Waals surface area (Å²) in [5, 5.41) is 0. The Hall–Kier alpha value is -0.170. The van der Waals surface area contributed by atoms with Crippen molar-refractivity contribution in [2.45, 2.75) is 19.9 Å². The van der Waals surface area contributed by atoms with Crippen LogP contribution in [0.4, 0.5) is 0 Å². The van der Waals surface area contributed by atoms with Gasteiger partial charge in [0.2, 0.25) is 10.0 Å². The Kier molecular flexibility index (Phi) is 6.26. The van der Waals surface area contributed by atoms with Crippen molar-refractivity contribution >= 4 is 10.0 Å². The van der Waals surface area contributed by atoms with E-state index in [0.29, 0.717) is 6.54 Å². The van der Waals surface area contributed by atoms with E-state index in [1.165, 1.54) is 7.11 Å². The van der Waals surface area contributed by atoms with Gasteiger partial charge in [0.25, 0.3) is 0 Å². The van der Waals surface area contributed by atoms with Gasteiger partial charge in [-0.05, 0) is 5.92 Å². The van der Waals surface area contributed by atoms with Crippen molar-refractivity contribution in [2.75, 3.05) is 26.0 Å². The van der Waals surface area contributed by atoms with Crippen LogP contribution < -0.4 is 10.5 Å². The van der Waals surface area contributed by atoms with Crippen LogP contribution in [-0.2, 0) is 14.8 Å². The van der Waals surface area contributed by atoms with Crippen LogP contribution in [0.2, 0.25) is 0 Å². The molecular formula is C8H20N2O3S. The van der Waals surface area contributed by atoms with Gasteiger partial charge in [-0.1, -0.05) is 13.8 Å². The normalized spacial score (nSPS) is 14.6. The minimum atomic E-state index is -3.26. The van der Waals surface area contributed by atoms with Gasteiger partial charge in [0, 0.05) is 19.7 Å². The van der Waals surface area contributed by atoms with Gasteiger partial charge >= 0.3 is 0 Å². The fraction of sp³-hybridized carbons (Fsp3) is 1.00. The smallest absolute Gasteiger partial charge is 0.214 e. The molecule has 0 aromatic heterocycles. The molecule has 86 valence electrons. The molecule has 0 amide bonds. The summed E-state index contributed by atoms with van der Waals surface area (Å²) >= 11 is 0. The number of hydrogen-bond donors (Lipinski definition) is 2. The summed E-state index contributed by atoms with van der Waals surface area (Å²) in [6, 6.07) is -0.197. The van der Waals surface area contributed by atoms with E-state index in [1.807, 2.05) is 13.8 Å².